The number of amides is 1. The Morgan fingerprint density at radius 1 is 1.28 bits per heavy atom. The van der Waals surface area contributed by atoms with Gasteiger partial charge < -0.3 is 25.4 Å². The number of rotatable bonds is 10. The summed E-state index contributed by atoms with van der Waals surface area (Å²) < 4.78 is 11.2. The van der Waals surface area contributed by atoms with Crippen LogP contribution in [0.25, 0.3) is 0 Å². The highest BCUT2D eigenvalue weighted by molar-refractivity contribution is 14.0. The average molecular weight is 518 g/mol. The fourth-order valence-electron chi connectivity index (χ4n) is 2.77. The van der Waals surface area contributed by atoms with Crippen LogP contribution in [0.3, 0.4) is 0 Å². The maximum Gasteiger partial charge on any atom is 0.226 e. The van der Waals surface area contributed by atoms with Gasteiger partial charge in [0.1, 0.15) is 0 Å². The molecule has 0 aromatic heterocycles. The number of carbonyl (C=O) groups excluding carboxylic acids is 1. The summed E-state index contributed by atoms with van der Waals surface area (Å²) in [6, 6.07) is 7.82. The molecule has 29 heavy (non-hydrogen) atoms. The molecule has 1 fully saturated rings. The second kappa shape index (κ2) is 14.6. The molecule has 0 saturated carbocycles. The minimum Gasteiger partial charge on any atom is -0.379 e. The van der Waals surface area contributed by atoms with Gasteiger partial charge in [-0.15, -0.1) is 24.0 Å². The normalized spacial score (nSPS) is 16.4. The van der Waals surface area contributed by atoms with Gasteiger partial charge in [0.2, 0.25) is 5.91 Å². The lowest BCUT2D eigenvalue weighted by Crippen LogP contribution is -2.37. The number of nitrogens with one attached hydrogen (secondary N) is 3. The summed E-state index contributed by atoms with van der Waals surface area (Å²) in [5, 5.41) is 9.47. The Morgan fingerprint density at radius 2 is 2.03 bits per heavy atom. The average Bonchev–Trinajstić information content (AvgIpc) is 3.21. The van der Waals surface area contributed by atoms with Gasteiger partial charge >= 0.3 is 0 Å². The third kappa shape index (κ3) is 10.3. The van der Waals surface area contributed by atoms with Crippen LogP contribution in [0.2, 0.25) is 0 Å². The SMILES string of the molecule is CN=C(NCCCOCC1CCCO1)NCc1ccc(NC(=O)C(C)C)cc1.I. The van der Waals surface area contributed by atoms with E-state index in [2.05, 4.69) is 20.9 Å². The topological polar surface area (TPSA) is 84.0 Å². The molecule has 1 atom stereocenters. The molecule has 7 nitrogen and oxygen atoms in total. The van der Waals surface area contributed by atoms with E-state index in [0.29, 0.717) is 19.8 Å². The van der Waals surface area contributed by atoms with Crippen molar-refractivity contribution < 1.29 is 14.3 Å². The van der Waals surface area contributed by atoms with Crippen molar-refractivity contribution in [1.82, 2.24) is 10.6 Å². The first-order chi connectivity index (χ1) is 13.6. The summed E-state index contributed by atoms with van der Waals surface area (Å²) >= 11 is 0. The molecule has 1 aliphatic heterocycles. The molecule has 8 heteroatoms. The lowest BCUT2D eigenvalue weighted by Gasteiger charge is -2.13. The Hall–Kier alpha value is -1.39. The molecule has 1 aromatic rings. The van der Waals surface area contributed by atoms with E-state index >= 15 is 0 Å². The molecule has 1 aromatic carbocycles. The Labute approximate surface area is 191 Å². The first-order valence-corrected chi connectivity index (χ1v) is 10.1. The van der Waals surface area contributed by atoms with Gasteiger partial charge in [-0.1, -0.05) is 26.0 Å². The van der Waals surface area contributed by atoms with Crippen LogP contribution in [0.4, 0.5) is 5.69 Å². The van der Waals surface area contributed by atoms with Crippen LogP contribution in [-0.4, -0.2) is 51.4 Å². The van der Waals surface area contributed by atoms with Crippen LogP contribution >= 0.6 is 24.0 Å². The van der Waals surface area contributed by atoms with Crippen molar-refractivity contribution in [3.05, 3.63) is 29.8 Å². The van der Waals surface area contributed by atoms with Gasteiger partial charge in [0.05, 0.1) is 12.7 Å². The van der Waals surface area contributed by atoms with Gasteiger partial charge in [-0.3, -0.25) is 9.79 Å². The number of halogens is 1. The van der Waals surface area contributed by atoms with E-state index in [1.165, 1.54) is 0 Å². The smallest absolute Gasteiger partial charge is 0.226 e. The summed E-state index contributed by atoms with van der Waals surface area (Å²) in [4.78, 5) is 16.0. The summed E-state index contributed by atoms with van der Waals surface area (Å²) in [7, 11) is 1.76. The first-order valence-electron chi connectivity index (χ1n) is 10.1. The van der Waals surface area contributed by atoms with Crippen molar-refractivity contribution in [2.75, 3.05) is 38.7 Å². The maximum atomic E-state index is 11.7. The van der Waals surface area contributed by atoms with E-state index < -0.39 is 0 Å². The second-order valence-corrected chi connectivity index (χ2v) is 7.26. The van der Waals surface area contributed by atoms with Crippen molar-refractivity contribution in [2.24, 2.45) is 10.9 Å². The maximum absolute atomic E-state index is 11.7. The zero-order valence-electron chi connectivity index (χ0n) is 17.7. The molecule has 3 N–H and O–H groups in total. The molecule has 164 valence electrons. The summed E-state index contributed by atoms with van der Waals surface area (Å²) in [5.74, 6) is 0.753. The molecule has 1 saturated heterocycles. The Balaban J connectivity index is 0.00000420. The minimum absolute atomic E-state index is 0. The van der Waals surface area contributed by atoms with E-state index in [1.54, 1.807) is 7.05 Å². The molecule has 1 unspecified atom stereocenters. The van der Waals surface area contributed by atoms with E-state index in [4.69, 9.17) is 9.47 Å². The van der Waals surface area contributed by atoms with Gasteiger partial charge in [-0.2, -0.15) is 0 Å². The molecule has 0 aliphatic carbocycles. The standard InChI is InChI=1S/C21H34N4O3.HI/c1-16(2)20(26)25-18-9-7-17(8-10-18)14-24-21(22-3)23-11-5-12-27-15-19-6-4-13-28-19;/h7-10,16,19H,4-6,11-15H2,1-3H3,(H,25,26)(H2,22,23,24);1H. The van der Waals surface area contributed by atoms with Crippen molar-refractivity contribution in [3.8, 4) is 0 Å². The monoisotopic (exact) mass is 518 g/mol. The molecule has 2 rings (SSSR count). The predicted octanol–water partition coefficient (Wildman–Crippen LogP) is 3.15. The molecule has 1 amide bonds. The number of anilines is 1. The van der Waals surface area contributed by atoms with Crippen LogP contribution in [0, 0.1) is 5.92 Å². The number of guanidine groups is 1. The minimum atomic E-state index is -0.0304. The van der Waals surface area contributed by atoms with Gasteiger partial charge in [-0.25, -0.2) is 0 Å². The molecular weight excluding hydrogens is 483 g/mol. The van der Waals surface area contributed by atoms with Crippen molar-refractivity contribution >= 4 is 41.5 Å². The number of hydrogen-bond donors (Lipinski definition) is 3. The van der Waals surface area contributed by atoms with Crippen LogP contribution in [0.1, 0.15) is 38.7 Å². The van der Waals surface area contributed by atoms with E-state index in [9.17, 15) is 4.79 Å². The van der Waals surface area contributed by atoms with Gasteiger partial charge in [0.25, 0.3) is 0 Å². The van der Waals surface area contributed by atoms with Crippen LogP contribution in [-0.2, 0) is 20.8 Å². The first kappa shape index (κ1) is 25.6. The number of benzene rings is 1. The highest BCUT2D eigenvalue weighted by atomic mass is 127. The Morgan fingerprint density at radius 3 is 2.66 bits per heavy atom. The Bertz CT molecular complexity index is 617. The van der Waals surface area contributed by atoms with Crippen LogP contribution in [0.5, 0.6) is 0 Å². The summed E-state index contributed by atoms with van der Waals surface area (Å²) in [6.45, 7) is 7.49. The Kier molecular flexibility index (Phi) is 12.9. The molecule has 1 heterocycles. The number of carbonyl (C=O) groups is 1. The molecule has 0 spiro atoms. The molecule has 0 radical (unpaired) electrons. The fraction of sp³-hybridized carbons (Fsp3) is 0.619. The van der Waals surface area contributed by atoms with E-state index in [-0.39, 0.29) is 41.9 Å². The lowest BCUT2D eigenvalue weighted by atomic mass is 10.1. The highest BCUT2D eigenvalue weighted by Crippen LogP contribution is 2.12. The van der Waals surface area contributed by atoms with Crippen LogP contribution in [0.15, 0.2) is 29.3 Å². The largest absolute Gasteiger partial charge is 0.379 e. The molecular formula is C21H35IN4O3. The van der Waals surface area contributed by atoms with Gasteiger partial charge in [0.15, 0.2) is 5.96 Å². The summed E-state index contributed by atoms with van der Waals surface area (Å²) in [5.41, 5.74) is 1.93. The van der Waals surface area contributed by atoms with Crippen molar-refractivity contribution in [2.45, 2.75) is 45.8 Å². The van der Waals surface area contributed by atoms with Crippen LogP contribution < -0.4 is 16.0 Å². The van der Waals surface area contributed by atoms with Gasteiger partial charge in [-0.05, 0) is 37.0 Å². The predicted molar refractivity (Wildman–Crippen MR) is 128 cm³/mol. The molecule has 0 bridgehead atoms. The number of hydrogen-bond acceptors (Lipinski definition) is 4. The third-order valence-corrected chi connectivity index (χ3v) is 4.52. The highest BCUT2D eigenvalue weighted by Gasteiger charge is 2.14. The quantitative estimate of drug-likeness (QED) is 0.192. The van der Waals surface area contributed by atoms with Crippen molar-refractivity contribution in [1.29, 1.82) is 0 Å². The van der Waals surface area contributed by atoms with E-state index in [0.717, 1.165) is 49.6 Å². The zero-order valence-corrected chi connectivity index (χ0v) is 20.0. The third-order valence-electron chi connectivity index (χ3n) is 4.52. The number of ether oxygens (including phenoxy) is 2. The summed E-state index contributed by atoms with van der Waals surface area (Å²) in [6.07, 6.45) is 3.46. The fourth-order valence-corrected chi connectivity index (χ4v) is 2.77. The molecule has 1 aliphatic rings. The van der Waals surface area contributed by atoms with Crippen molar-refractivity contribution in [3.63, 3.8) is 0 Å². The lowest BCUT2D eigenvalue weighted by molar-refractivity contribution is -0.118. The van der Waals surface area contributed by atoms with E-state index in [1.807, 2.05) is 38.1 Å². The zero-order chi connectivity index (χ0) is 20.2. The number of aliphatic imine (C=N–C) groups is 1. The number of nitrogens with zero attached hydrogens (tertiary/aromatic N) is 1. The van der Waals surface area contributed by atoms with Gasteiger partial charge in [0, 0.05) is 45.0 Å². The second-order valence-electron chi connectivity index (χ2n) is 7.26.